The van der Waals surface area contributed by atoms with E-state index < -0.39 is 27.2 Å². The van der Waals surface area contributed by atoms with E-state index in [1.807, 2.05) is 6.92 Å². The highest BCUT2D eigenvalue weighted by atomic mass is 32.2. The summed E-state index contributed by atoms with van der Waals surface area (Å²) >= 11 is 0. The van der Waals surface area contributed by atoms with Gasteiger partial charge in [0.1, 0.15) is 0 Å². The molecule has 0 amide bonds. The number of rotatable bonds is 6. The van der Waals surface area contributed by atoms with Crippen LogP contribution >= 0.6 is 0 Å². The van der Waals surface area contributed by atoms with Gasteiger partial charge >= 0.3 is 5.97 Å². The molecule has 106 valence electrons. The normalized spacial score (nSPS) is 24.4. The van der Waals surface area contributed by atoms with Crippen molar-refractivity contribution < 1.29 is 17.9 Å². The first-order chi connectivity index (χ1) is 8.45. The fourth-order valence-electron chi connectivity index (χ4n) is 2.44. The van der Waals surface area contributed by atoms with E-state index in [0.29, 0.717) is 19.4 Å². The molecule has 0 N–H and O–H groups in total. The summed E-state index contributed by atoms with van der Waals surface area (Å²) in [6.45, 7) is 2.54. The van der Waals surface area contributed by atoms with Crippen molar-refractivity contribution in [3.8, 4) is 0 Å². The van der Waals surface area contributed by atoms with Crippen LogP contribution in [0.2, 0.25) is 0 Å². The molecule has 1 aliphatic carbocycles. The summed E-state index contributed by atoms with van der Waals surface area (Å²) in [7, 11) is -0.477. The third kappa shape index (κ3) is 3.23. The van der Waals surface area contributed by atoms with E-state index in [1.165, 1.54) is 11.4 Å². The quantitative estimate of drug-likeness (QED) is 0.688. The molecule has 0 aromatic rings. The second kappa shape index (κ2) is 6.52. The summed E-state index contributed by atoms with van der Waals surface area (Å²) in [6.07, 6.45) is 3.72. The maximum atomic E-state index is 12.4. The fourth-order valence-corrected chi connectivity index (χ4v) is 4.42. The molecule has 1 saturated carbocycles. The molecule has 0 aromatic carbocycles. The van der Waals surface area contributed by atoms with Gasteiger partial charge in [0, 0.05) is 13.6 Å². The lowest BCUT2D eigenvalue weighted by atomic mass is 10.1. The van der Waals surface area contributed by atoms with Crippen LogP contribution in [0.5, 0.6) is 0 Å². The van der Waals surface area contributed by atoms with E-state index in [0.717, 1.165) is 19.3 Å². The highest BCUT2D eigenvalue weighted by Crippen LogP contribution is 2.33. The van der Waals surface area contributed by atoms with Gasteiger partial charge in [-0.15, -0.1) is 0 Å². The Morgan fingerprint density at radius 3 is 2.61 bits per heavy atom. The summed E-state index contributed by atoms with van der Waals surface area (Å²) in [4.78, 5) is 11.6. The molecule has 0 saturated heterocycles. The van der Waals surface area contributed by atoms with Gasteiger partial charge in [-0.3, -0.25) is 4.79 Å². The van der Waals surface area contributed by atoms with E-state index in [2.05, 4.69) is 0 Å². The predicted molar refractivity (Wildman–Crippen MR) is 69.6 cm³/mol. The molecule has 0 aliphatic heterocycles. The monoisotopic (exact) mass is 277 g/mol. The van der Waals surface area contributed by atoms with Crippen molar-refractivity contribution in [2.45, 2.75) is 44.3 Å². The van der Waals surface area contributed by atoms with E-state index in [-0.39, 0.29) is 0 Å². The number of hydrogen-bond donors (Lipinski definition) is 0. The Kier molecular flexibility index (Phi) is 5.59. The maximum Gasteiger partial charge on any atom is 0.310 e. The Morgan fingerprint density at radius 1 is 1.39 bits per heavy atom. The minimum absolute atomic E-state index is 0.398. The molecule has 1 rings (SSSR count). The molecule has 0 spiro atoms. The van der Waals surface area contributed by atoms with Crippen LogP contribution in [0, 0.1) is 5.92 Å². The Balaban J connectivity index is 2.80. The smallest absolute Gasteiger partial charge is 0.310 e. The molecule has 2 unspecified atom stereocenters. The van der Waals surface area contributed by atoms with Crippen LogP contribution in [0.1, 0.15) is 39.0 Å². The first kappa shape index (κ1) is 15.4. The molecule has 0 bridgehead atoms. The van der Waals surface area contributed by atoms with E-state index in [1.54, 1.807) is 7.05 Å². The van der Waals surface area contributed by atoms with Crippen molar-refractivity contribution in [1.29, 1.82) is 0 Å². The summed E-state index contributed by atoms with van der Waals surface area (Å²) < 4.78 is 30.9. The van der Waals surface area contributed by atoms with Crippen LogP contribution in [0.15, 0.2) is 0 Å². The third-order valence-electron chi connectivity index (χ3n) is 3.60. The van der Waals surface area contributed by atoms with Crippen molar-refractivity contribution in [2.75, 3.05) is 20.7 Å². The van der Waals surface area contributed by atoms with Crippen molar-refractivity contribution in [3.63, 3.8) is 0 Å². The van der Waals surface area contributed by atoms with Gasteiger partial charge in [0.2, 0.25) is 10.0 Å². The highest BCUT2D eigenvalue weighted by Gasteiger charge is 2.43. The summed E-state index contributed by atoms with van der Waals surface area (Å²) in [6, 6.07) is 0. The lowest BCUT2D eigenvalue weighted by Gasteiger charge is -2.24. The molecular weight excluding hydrogens is 254 g/mol. The Morgan fingerprint density at radius 2 is 2.06 bits per heavy atom. The number of esters is 1. The van der Waals surface area contributed by atoms with Gasteiger partial charge < -0.3 is 4.74 Å². The maximum absolute atomic E-state index is 12.4. The van der Waals surface area contributed by atoms with Crippen molar-refractivity contribution in [1.82, 2.24) is 4.31 Å². The number of carbonyl (C=O) groups excluding carboxylic acids is 1. The lowest BCUT2D eigenvalue weighted by molar-refractivity contribution is -0.145. The largest absolute Gasteiger partial charge is 0.469 e. The van der Waals surface area contributed by atoms with Gasteiger partial charge in [-0.2, -0.15) is 0 Å². The third-order valence-corrected chi connectivity index (χ3v) is 5.98. The molecule has 0 aromatic heterocycles. The topological polar surface area (TPSA) is 63.7 Å². The zero-order valence-corrected chi connectivity index (χ0v) is 12.2. The van der Waals surface area contributed by atoms with Gasteiger partial charge in [-0.05, 0) is 19.3 Å². The highest BCUT2D eigenvalue weighted by molar-refractivity contribution is 7.89. The number of hydrogen-bond acceptors (Lipinski definition) is 4. The average molecular weight is 277 g/mol. The molecule has 0 radical (unpaired) electrons. The van der Waals surface area contributed by atoms with Gasteiger partial charge in [0.15, 0.2) is 0 Å². The van der Waals surface area contributed by atoms with E-state index in [9.17, 15) is 13.2 Å². The predicted octanol–water partition coefficient (Wildman–Crippen LogP) is 1.39. The molecular formula is C12H23NO4S. The molecule has 1 aliphatic rings. The van der Waals surface area contributed by atoms with Crippen molar-refractivity contribution >= 4 is 16.0 Å². The van der Waals surface area contributed by atoms with Gasteiger partial charge in [0.25, 0.3) is 0 Å². The van der Waals surface area contributed by atoms with Crippen LogP contribution in [-0.2, 0) is 19.6 Å². The van der Waals surface area contributed by atoms with Gasteiger partial charge in [0.05, 0.1) is 18.3 Å². The van der Waals surface area contributed by atoms with Crippen LogP contribution in [0.3, 0.4) is 0 Å². The molecule has 1 fully saturated rings. The number of carbonyl (C=O) groups is 1. The van der Waals surface area contributed by atoms with Crippen LogP contribution in [-0.4, -0.2) is 44.6 Å². The average Bonchev–Trinajstić information content (AvgIpc) is 2.84. The molecule has 0 heterocycles. The second-order valence-electron chi connectivity index (χ2n) is 4.82. The number of methoxy groups -OCH3 is 1. The number of sulfonamides is 1. The Bertz CT molecular complexity index is 380. The van der Waals surface area contributed by atoms with Crippen molar-refractivity contribution in [3.05, 3.63) is 0 Å². The minimum atomic E-state index is -3.38. The summed E-state index contributed by atoms with van der Waals surface area (Å²) in [5, 5.41) is -0.605. The van der Waals surface area contributed by atoms with E-state index >= 15 is 0 Å². The SMILES string of the molecule is CCCCN(C)S(=O)(=O)C1CCCC1C(=O)OC. The van der Waals surface area contributed by atoms with Crippen molar-refractivity contribution in [2.24, 2.45) is 5.92 Å². The fraction of sp³-hybridized carbons (Fsp3) is 0.917. The van der Waals surface area contributed by atoms with Gasteiger partial charge in [-0.25, -0.2) is 12.7 Å². The van der Waals surface area contributed by atoms with E-state index in [4.69, 9.17) is 4.74 Å². The zero-order chi connectivity index (χ0) is 13.8. The van der Waals surface area contributed by atoms with Crippen LogP contribution in [0.4, 0.5) is 0 Å². The summed E-state index contributed by atoms with van der Waals surface area (Å²) in [5.74, 6) is -0.894. The standard InChI is InChI=1S/C12H23NO4S/c1-4-5-9-13(2)18(15,16)11-8-6-7-10(11)12(14)17-3/h10-11H,4-9H2,1-3H3. The first-order valence-corrected chi connectivity index (χ1v) is 7.98. The Hall–Kier alpha value is -0.620. The molecule has 18 heavy (non-hydrogen) atoms. The van der Waals surface area contributed by atoms with Crippen LogP contribution < -0.4 is 0 Å². The van der Waals surface area contributed by atoms with Gasteiger partial charge in [-0.1, -0.05) is 19.8 Å². The second-order valence-corrected chi connectivity index (χ2v) is 7.08. The molecule has 6 heteroatoms. The molecule has 2 atom stereocenters. The molecule has 5 nitrogen and oxygen atoms in total. The summed E-state index contributed by atoms with van der Waals surface area (Å²) in [5.41, 5.74) is 0. The first-order valence-electron chi connectivity index (χ1n) is 6.48. The number of ether oxygens (including phenoxy) is 1. The lowest BCUT2D eigenvalue weighted by Crippen LogP contribution is -2.41. The zero-order valence-electron chi connectivity index (χ0n) is 11.4. The minimum Gasteiger partial charge on any atom is -0.469 e. The van der Waals surface area contributed by atoms with Crippen LogP contribution in [0.25, 0.3) is 0 Å². The number of unbranched alkanes of at least 4 members (excludes halogenated alkanes) is 1. The number of nitrogens with zero attached hydrogens (tertiary/aromatic N) is 1. The Labute approximate surface area is 110 Å².